The Balaban J connectivity index is 2.83. The van der Waals surface area contributed by atoms with Gasteiger partial charge in [0.2, 0.25) is 0 Å². The molecule has 0 aliphatic rings. The molecule has 6 nitrogen and oxygen atoms in total. The molecule has 0 aliphatic heterocycles. The van der Waals surface area contributed by atoms with Crippen molar-refractivity contribution in [3.63, 3.8) is 0 Å². The van der Waals surface area contributed by atoms with Gasteiger partial charge in [-0.3, -0.25) is 4.79 Å². The van der Waals surface area contributed by atoms with Gasteiger partial charge in [-0.15, -0.1) is 11.6 Å². The number of carbonyl (C=O) groups is 1. The van der Waals surface area contributed by atoms with E-state index in [2.05, 4.69) is 4.98 Å². The van der Waals surface area contributed by atoms with Crippen molar-refractivity contribution in [1.82, 2.24) is 9.88 Å². The molecule has 0 radical (unpaired) electrons. The molecular weight excluding hydrogens is 272 g/mol. The van der Waals surface area contributed by atoms with Crippen molar-refractivity contribution in [1.29, 1.82) is 0 Å². The van der Waals surface area contributed by atoms with Crippen LogP contribution in [-0.2, 0) is 0 Å². The van der Waals surface area contributed by atoms with Crippen molar-refractivity contribution in [3.8, 4) is 0 Å². The van der Waals surface area contributed by atoms with Crippen molar-refractivity contribution in [2.75, 3.05) is 19.0 Å². The lowest BCUT2D eigenvalue weighted by Gasteiger charge is -2.19. The SMILES string of the molecule is O=C(c1ccc([N+](=O)[O-])[nH]1)N(CCCl)CC(F)F. The smallest absolute Gasteiger partial charge is 0.321 e. The maximum absolute atomic E-state index is 12.3. The van der Waals surface area contributed by atoms with Gasteiger partial charge in [-0.1, -0.05) is 0 Å². The Bertz CT molecular complexity index is 438. The molecule has 18 heavy (non-hydrogen) atoms. The Kier molecular flexibility index (Phi) is 5.02. The number of H-pyrrole nitrogens is 1. The highest BCUT2D eigenvalue weighted by Crippen LogP contribution is 2.13. The zero-order chi connectivity index (χ0) is 13.7. The Morgan fingerprint density at radius 3 is 2.67 bits per heavy atom. The molecule has 1 amide bonds. The number of halogens is 3. The van der Waals surface area contributed by atoms with E-state index in [1.165, 1.54) is 6.07 Å². The third-order valence-electron chi connectivity index (χ3n) is 2.10. The van der Waals surface area contributed by atoms with Crippen molar-refractivity contribution < 1.29 is 18.5 Å². The summed E-state index contributed by atoms with van der Waals surface area (Å²) in [5.74, 6) is -1.12. The molecule has 0 bridgehead atoms. The highest BCUT2D eigenvalue weighted by molar-refractivity contribution is 6.18. The van der Waals surface area contributed by atoms with E-state index in [9.17, 15) is 23.7 Å². The molecular formula is C9H10ClF2N3O3. The molecule has 0 fully saturated rings. The van der Waals surface area contributed by atoms with E-state index < -0.39 is 23.8 Å². The molecule has 9 heteroatoms. The molecule has 0 spiro atoms. The molecule has 0 saturated carbocycles. The van der Waals surface area contributed by atoms with Gasteiger partial charge in [0.25, 0.3) is 12.3 Å². The second-order valence-electron chi connectivity index (χ2n) is 3.35. The minimum atomic E-state index is -2.69. The Morgan fingerprint density at radius 2 is 2.22 bits per heavy atom. The zero-order valence-electron chi connectivity index (χ0n) is 9.11. The lowest BCUT2D eigenvalue weighted by molar-refractivity contribution is -0.389. The zero-order valence-corrected chi connectivity index (χ0v) is 9.86. The van der Waals surface area contributed by atoms with Crippen LogP contribution in [0.1, 0.15) is 10.5 Å². The molecule has 100 valence electrons. The van der Waals surface area contributed by atoms with E-state index in [0.717, 1.165) is 11.0 Å². The molecule has 0 unspecified atom stereocenters. The van der Waals surface area contributed by atoms with Crippen LogP contribution in [0.2, 0.25) is 0 Å². The van der Waals surface area contributed by atoms with Crippen LogP contribution >= 0.6 is 11.6 Å². The summed E-state index contributed by atoms with van der Waals surface area (Å²) in [6.45, 7) is -0.823. The molecule has 0 aliphatic carbocycles. The molecule has 1 aromatic heterocycles. The summed E-state index contributed by atoms with van der Waals surface area (Å²) in [5.41, 5.74) is -0.118. The first-order valence-corrected chi connectivity index (χ1v) is 5.46. The van der Waals surface area contributed by atoms with Gasteiger partial charge >= 0.3 is 5.82 Å². The number of nitro groups is 1. The van der Waals surface area contributed by atoms with Gasteiger partial charge in [-0.25, -0.2) is 13.8 Å². The van der Waals surface area contributed by atoms with Crippen LogP contribution in [0.4, 0.5) is 14.6 Å². The molecule has 1 rings (SSSR count). The van der Waals surface area contributed by atoms with Gasteiger partial charge in [0.1, 0.15) is 0 Å². The summed E-state index contributed by atoms with van der Waals surface area (Å²) in [5, 5.41) is 10.4. The largest absolute Gasteiger partial charge is 0.358 e. The standard InChI is InChI=1S/C9H10ClF2N3O3/c10-3-4-14(5-7(11)12)9(16)6-1-2-8(13-6)15(17)18/h1-2,7,13H,3-5H2. The van der Waals surface area contributed by atoms with Gasteiger partial charge in [0, 0.05) is 18.5 Å². The molecule has 1 N–H and O–H groups in total. The number of nitrogens with zero attached hydrogens (tertiary/aromatic N) is 2. The fraction of sp³-hybridized carbons (Fsp3) is 0.444. The van der Waals surface area contributed by atoms with Crippen LogP contribution < -0.4 is 0 Å². The molecule has 0 saturated heterocycles. The van der Waals surface area contributed by atoms with Crippen LogP contribution in [0.5, 0.6) is 0 Å². The van der Waals surface area contributed by atoms with Gasteiger partial charge in [0.15, 0.2) is 5.69 Å². The predicted molar refractivity (Wildman–Crippen MR) is 60.1 cm³/mol. The molecule has 0 atom stereocenters. The van der Waals surface area contributed by atoms with Crippen molar-refractivity contribution in [3.05, 3.63) is 27.9 Å². The summed E-state index contributed by atoms with van der Waals surface area (Å²) < 4.78 is 24.5. The maximum atomic E-state index is 12.3. The third kappa shape index (κ3) is 3.66. The summed E-state index contributed by atoms with van der Waals surface area (Å²) in [7, 11) is 0. The Labute approximate surface area is 106 Å². The fourth-order valence-electron chi connectivity index (χ4n) is 1.33. The minimum Gasteiger partial charge on any atom is -0.358 e. The first-order chi connectivity index (χ1) is 8.45. The Hall–Kier alpha value is -1.70. The predicted octanol–water partition coefficient (Wildman–Crippen LogP) is 1.87. The Morgan fingerprint density at radius 1 is 1.56 bits per heavy atom. The van der Waals surface area contributed by atoms with Crippen LogP contribution in [0.25, 0.3) is 0 Å². The lowest BCUT2D eigenvalue weighted by atomic mass is 10.3. The monoisotopic (exact) mass is 281 g/mol. The van der Waals surface area contributed by atoms with Gasteiger partial charge < -0.3 is 15.0 Å². The topological polar surface area (TPSA) is 79.2 Å². The number of rotatable bonds is 6. The number of nitrogens with one attached hydrogen (secondary N) is 1. The van der Waals surface area contributed by atoms with E-state index in [0.29, 0.717) is 0 Å². The number of aromatic nitrogens is 1. The first kappa shape index (κ1) is 14.4. The number of hydrogen-bond donors (Lipinski definition) is 1. The van der Waals surface area contributed by atoms with E-state index in [1.807, 2.05) is 0 Å². The van der Waals surface area contributed by atoms with Crippen LogP contribution in [0.15, 0.2) is 12.1 Å². The summed E-state index contributed by atoms with van der Waals surface area (Å²) in [6.07, 6.45) is -2.69. The number of aromatic amines is 1. The van der Waals surface area contributed by atoms with Crippen LogP contribution in [0, 0.1) is 10.1 Å². The van der Waals surface area contributed by atoms with E-state index in [4.69, 9.17) is 11.6 Å². The van der Waals surface area contributed by atoms with Gasteiger partial charge in [0.05, 0.1) is 6.54 Å². The fourth-order valence-corrected chi connectivity index (χ4v) is 1.53. The average Bonchev–Trinajstić information content (AvgIpc) is 2.76. The normalized spacial score (nSPS) is 10.7. The molecule has 1 aromatic rings. The second-order valence-corrected chi connectivity index (χ2v) is 3.72. The van der Waals surface area contributed by atoms with Gasteiger partial charge in [-0.05, 0) is 11.0 Å². The summed E-state index contributed by atoms with van der Waals surface area (Å²) >= 11 is 5.41. The first-order valence-electron chi connectivity index (χ1n) is 4.92. The van der Waals surface area contributed by atoms with E-state index in [-0.39, 0.29) is 23.9 Å². The lowest BCUT2D eigenvalue weighted by Crippen LogP contribution is -2.36. The molecule has 0 aromatic carbocycles. The quantitative estimate of drug-likeness (QED) is 0.491. The number of hydrogen-bond acceptors (Lipinski definition) is 3. The van der Waals surface area contributed by atoms with E-state index >= 15 is 0 Å². The number of alkyl halides is 3. The number of amides is 1. The average molecular weight is 282 g/mol. The summed E-state index contributed by atoms with van der Waals surface area (Å²) in [6, 6.07) is 2.27. The van der Waals surface area contributed by atoms with Crippen molar-refractivity contribution >= 4 is 23.3 Å². The second kappa shape index (κ2) is 6.29. The molecule has 1 heterocycles. The summed E-state index contributed by atoms with van der Waals surface area (Å²) in [4.78, 5) is 24.6. The third-order valence-corrected chi connectivity index (χ3v) is 2.27. The van der Waals surface area contributed by atoms with Crippen molar-refractivity contribution in [2.45, 2.75) is 6.43 Å². The minimum absolute atomic E-state index is 0.00125. The van der Waals surface area contributed by atoms with Crippen molar-refractivity contribution in [2.24, 2.45) is 0 Å². The van der Waals surface area contributed by atoms with Crippen LogP contribution in [-0.4, -0.2) is 46.1 Å². The number of carbonyl (C=O) groups excluding carboxylic acids is 1. The maximum Gasteiger partial charge on any atom is 0.321 e. The van der Waals surface area contributed by atoms with Gasteiger partial charge in [-0.2, -0.15) is 0 Å². The highest BCUT2D eigenvalue weighted by Gasteiger charge is 2.23. The van der Waals surface area contributed by atoms with Crippen LogP contribution in [0.3, 0.4) is 0 Å². The van der Waals surface area contributed by atoms with E-state index in [1.54, 1.807) is 0 Å². The highest BCUT2D eigenvalue weighted by atomic mass is 35.5.